The van der Waals surface area contributed by atoms with Crippen LogP contribution in [0.15, 0.2) is 37.1 Å². The van der Waals surface area contributed by atoms with Crippen molar-refractivity contribution in [3.8, 4) is 0 Å². The molecule has 13 heavy (non-hydrogen) atoms. The van der Waals surface area contributed by atoms with Gasteiger partial charge in [0.05, 0.1) is 6.26 Å². The first-order valence-electron chi connectivity index (χ1n) is 4.13. The lowest BCUT2D eigenvalue weighted by atomic mass is 10.2. The zero-order valence-corrected chi connectivity index (χ0v) is 7.31. The van der Waals surface area contributed by atoms with E-state index in [1.807, 2.05) is 12.2 Å². The van der Waals surface area contributed by atoms with E-state index in [2.05, 4.69) is 6.58 Å². The van der Waals surface area contributed by atoms with Crippen LogP contribution in [-0.2, 0) is 14.3 Å². The Hall–Kier alpha value is -1.51. The van der Waals surface area contributed by atoms with Gasteiger partial charge in [0.25, 0.3) is 0 Å². The van der Waals surface area contributed by atoms with E-state index in [-0.39, 0.29) is 0 Å². The summed E-state index contributed by atoms with van der Waals surface area (Å²) in [5.74, 6) is -0.456. The highest BCUT2D eigenvalue weighted by atomic mass is 16.7. The average Bonchev–Trinajstić information content (AvgIpc) is 2.09. The van der Waals surface area contributed by atoms with Crippen molar-refractivity contribution >= 4 is 5.97 Å². The average molecular weight is 180 g/mol. The van der Waals surface area contributed by atoms with Crippen molar-refractivity contribution in [3.05, 3.63) is 37.1 Å². The van der Waals surface area contributed by atoms with Gasteiger partial charge in [-0.25, -0.2) is 4.79 Å². The molecule has 1 heterocycles. The summed E-state index contributed by atoms with van der Waals surface area (Å²) in [5.41, 5.74) is 0. The lowest BCUT2D eigenvalue weighted by Crippen LogP contribution is -2.18. The van der Waals surface area contributed by atoms with Gasteiger partial charge in [0, 0.05) is 12.5 Å². The minimum absolute atomic E-state index is 0.456. The second kappa shape index (κ2) is 5.19. The standard InChI is InChI=1S/C10H12O3/c1-2-9(11)13-10-7-5-3-4-6-8-12-10/h2-4,6,8,10H,1,5,7H2/b4-3-,8-6-. The highest BCUT2D eigenvalue weighted by Gasteiger charge is 2.11. The maximum absolute atomic E-state index is 10.8. The van der Waals surface area contributed by atoms with Crippen molar-refractivity contribution < 1.29 is 14.3 Å². The number of ether oxygens (including phenoxy) is 2. The van der Waals surface area contributed by atoms with Crippen LogP contribution in [-0.4, -0.2) is 12.3 Å². The molecule has 0 spiro atoms. The van der Waals surface area contributed by atoms with Gasteiger partial charge in [-0.15, -0.1) is 0 Å². The van der Waals surface area contributed by atoms with Crippen LogP contribution < -0.4 is 0 Å². The fourth-order valence-corrected chi connectivity index (χ4v) is 0.918. The van der Waals surface area contributed by atoms with Gasteiger partial charge in [-0.3, -0.25) is 0 Å². The monoisotopic (exact) mass is 180 g/mol. The molecule has 70 valence electrons. The fourth-order valence-electron chi connectivity index (χ4n) is 0.918. The Labute approximate surface area is 77.3 Å². The molecule has 0 saturated carbocycles. The zero-order chi connectivity index (χ0) is 9.52. The van der Waals surface area contributed by atoms with E-state index >= 15 is 0 Å². The summed E-state index contributed by atoms with van der Waals surface area (Å²) >= 11 is 0. The molecule has 0 bridgehead atoms. The number of hydrogen-bond donors (Lipinski definition) is 0. The van der Waals surface area contributed by atoms with Gasteiger partial charge in [0.2, 0.25) is 6.29 Å². The molecule has 0 aliphatic carbocycles. The van der Waals surface area contributed by atoms with Gasteiger partial charge in [-0.1, -0.05) is 18.7 Å². The van der Waals surface area contributed by atoms with Crippen LogP contribution in [0, 0.1) is 0 Å². The molecular weight excluding hydrogens is 168 g/mol. The molecule has 1 unspecified atom stereocenters. The van der Waals surface area contributed by atoms with E-state index in [1.54, 1.807) is 6.08 Å². The van der Waals surface area contributed by atoms with Gasteiger partial charge >= 0.3 is 5.97 Å². The molecule has 1 aliphatic rings. The highest BCUT2D eigenvalue weighted by Crippen LogP contribution is 2.08. The first-order valence-corrected chi connectivity index (χ1v) is 4.13. The van der Waals surface area contributed by atoms with Crippen molar-refractivity contribution in [1.82, 2.24) is 0 Å². The molecule has 0 aromatic carbocycles. The van der Waals surface area contributed by atoms with E-state index < -0.39 is 12.3 Å². The second-order valence-electron chi connectivity index (χ2n) is 2.54. The van der Waals surface area contributed by atoms with Gasteiger partial charge < -0.3 is 9.47 Å². The summed E-state index contributed by atoms with van der Waals surface area (Å²) in [5, 5.41) is 0. The third kappa shape index (κ3) is 3.60. The smallest absolute Gasteiger partial charge is 0.333 e. The minimum Gasteiger partial charge on any atom is -0.462 e. The SMILES string of the molecule is C=CC(=O)OC1CC/C=C\C=C/O1. The Kier molecular flexibility index (Phi) is 3.82. The first-order chi connectivity index (χ1) is 6.33. The Morgan fingerprint density at radius 1 is 1.62 bits per heavy atom. The Balaban J connectivity index is 2.41. The Bertz CT molecular complexity index is 241. The number of hydrogen-bond acceptors (Lipinski definition) is 3. The normalized spacial score (nSPS) is 26.0. The van der Waals surface area contributed by atoms with Crippen LogP contribution in [0.1, 0.15) is 12.8 Å². The molecule has 0 aromatic heterocycles. The number of carbonyl (C=O) groups is 1. The van der Waals surface area contributed by atoms with Crippen molar-refractivity contribution in [3.63, 3.8) is 0 Å². The quantitative estimate of drug-likeness (QED) is 0.481. The summed E-state index contributed by atoms with van der Waals surface area (Å²) in [6.45, 7) is 3.31. The highest BCUT2D eigenvalue weighted by molar-refractivity contribution is 5.81. The largest absolute Gasteiger partial charge is 0.462 e. The summed E-state index contributed by atoms with van der Waals surface area (Å²) in [6.07, 6.45) is 9.29. The third-order valence-electron chi connectivity index (χ3n) is 1.54. The summed E-state index contributed by atoms with van der Waals surface area (Å²) in [6, 6.07) is 0. The van der Waals surface area contributed by atoms with E-state index in [0.717, 1.165) is 12.5 Å². The van der Waals surface area contributed by atoms with Gasteiger partial charge in [0.15, 0.2) is 0 Å². The lowest BCUT2D eigenvalue weighted by molar-refractivity contribution is -0.163. The second-order valence-corrected chi connectivity index (χ2v) is 2.54. The molecule has 0 aromatic rings. The summed E-state index contributed by atoms with van der Waals surface area (Å²) in [7, 11) is 0. The topological polar surface area (TPSA) is 35.5 Å². The maximum atomic E-state index is 10.8. The number of carbonyl (C=O) groups excluding carboxylic acids is 1. The van der Waals surface area contributed by atoms with Crippen molar-refractivity contribution in [2.45, 2.75) is 19.1 Å². The van der Waals surface area contributed by atoms with Crippen molar-refractivity contribution in [1.29, 1.82) is 0 Å². The molecule has 1 aliphatic heterocycles. The van der Waals surface area contributed by atoms with Crippen LogP contribution in [0.2, 0.25) is 0 Å². The predicted molar refractivity (Wildman–Crippen MR) is 48.7 cm³/mol. The Morgan fingerprint density at radius 2 is 2.46 bits per heavy atom. The van der Waals surface area contributed by atoms with Crippen LogP contribution in [0.25, 0.3) is 0 Å². The van der Waals surface area contributed by atoms with Gasteiger partial charge in [0.1, 0.15) is 0 Å². The minimum atomic E-state index is -0.494. The van der Waals surface area contributed by atoms with Gasteiger partial charge in [-0.05, 0) is 12.5 Å². The maximum Gasteiger partial charge on any atom is 0.333 e. The molecule has 3 nitrogen and oxygen atoms in total. The summed E-state index contributed by atoms with van der Waals surface area (Å²) < 4.78 is 10.0. The van der Waals surface area contributed by atoms with E-state index in [4.69, 9.17) is 9.47 Å². The molecular formula is C10H12O3. The molecule has 0 N–H and O–H groups in total. The van der Waals surface area contributed by atoms with Crippen molar-refractivity contribution in [2.24, 2.45) is 0 Å². The molecule has 0 fully saturated rings. The van der Waals surface area contributed by atoms with Crippen LogP contribution >= 0.6 is 0 Å². The molecule has 0 radical (unpaired) electrons. The van der Waals surface area contributed by atoms with Crippen LogP contribution in [0.3, 0.4) is 0 Å². The lowest BCUT2D eigenvalue weighted by Gasteiger charge is -2.16. The number of esters is 1. The predicted octanol–water partition coefficient (Wildman–Crippen LogP) is 1.92. The molecule has 1 atom stereocenters. The van der Waals surface area contributed by atoms with E-state index in [9.17, 15) is 4.79 Å². The van der Waals surface area contributed by atoms with Crippen molar-refractivity contribution in [2.75, 3.05) is 0 Å². The number of allylic oxidation sites excluding steroid dienone is 3. The molecule has 1 rings (SSSR count). The third-order valence-corrected chi connectivity index (χ3v) is 1.54. The van der Waals surface area contributed by atoms with Crippen LogP contribution in [0.5, 0.6) is 0 Å². The van der Waals surface area contributed by atoms with E-state index in [0.29, 0.717) is 6.42 Å². The fraction of sp³-hybridized carbons (Fsp3) is 0.300. The zero-order valence-electron chi connectivity index (χ0n) is 7.31. The van der Waals surface area contributed by atoms with Crippen LogP contribution in [0.4, 0.5) is 0 Å². The van der Waals surface area contributed by atoms with Gasteiger partial charge in [-0.2, -0.15) is 0 Å². The molecule has 3 heteroatoms. The summed E-state index contributed by atoms with van der Waals surface area (Å²) in [4.78, 5) is 10.8. The van der Waals surface area contributed by atoms with E-state index in [1.165, 1.54) is 6.26 Å². The molecule has 0 saturated heterocycles. The Morgan fingerprint density at radius 3 is 3.23 bits per heavy atom. The first kappa shape index (κ1) is 9.58. The molecule has 0 amide bonds. The number of rotatable bonds is 2.